The molecule has 12 heteroatoms. The summed E-state index contributed by atoms with van der Waals surface area (Å²) in [6.45, 7) is 0. The second-order valence-corrected chi connectivity index (χ2v) is 10.00. The van der Waals surface area contributed by atoms with Crippen molar-refractivity contribution < 1.29 is 36.2 Å². The standard InChI is InChI=1S/C21H20N2O8S2/c1-30-16-8-6-15(7-9-16)22-32(26,27)18-10-11-20(31-2)19(13-18)23-33(28,29)17-5-3-4-14(12-17)21(24)25/h3-13,22-23H,1-2H3,(H,24,25). The van der Waals surface area contributed by atoms with Gasteiger partial charge in [0, 0.05) is 5.69 Å². The Bertz CT molecular complexity index is 1390. The first-order chi connectivity index (χ1) is 15.6. The molecule has 3 aromatic rings. The third-order valence-electron chi connectivity index (χ3n) is 4.46. The first-order valence-corrected chi connectivity index (χ1v) is 12.2. The van der Waals surface area contributed by atoms with Gasteiger partial charge in [-0.05, 0) is 60.7 Å². The van der Waals surface area contributed by atoms with Crippen LogP contribution in [0.1, 0.15) is 10.4 Å². The van der Waals surface area contributed by atoms with Gasteiger partial charge in [-0.1, -0.05) is 6.07 Å². The van der Waals surface area contributed by atoms with Crippen LogP contribution >= 0.6 is 0 Å². The van der Waals surface area contributed by atoms with Crippen molar-refractivity contribution in [3.05, 3.63) is 72.3 Å². The normalized spacial score (nSPS) is 11.5. The fraction of sp³-hybridized carbons (Fsp3) is 0.0952. The largest absolute Gasteiger partial charge is 0.497 e. The lowest BCUT2D eigenvalue weighted by molar-refractivity contribution is 0.0696. The second kappa shape index (κ2) is 9.38. The number of hydrogen-bond acceptors (Lipinski definition) is 7. The van der Waals surface area contributed by atoms with Gasteiger partial charge in [-0.2, -0.15) is 0 Å². The van der Waals surface area contributed by atoms with Crippen LogP contribution in [0.3, 0.4) is 0 Å². The summed E-state index contributed by atoms with van der Waals surface area (Å²) in [6.07, 6.45) is 0. The van der Waals surface area contributed by atoms with E-state index in [0.717, 1.165) is 12.1 Å². The highest BCUT2D eigenvalue weighted by Crippen LogP contribution is 2.31. The van der Waals surface area contributed by atoms with E-state index in [9.17, 15) is 21.6 Å². The molecule has 0 spiro atoms. The van der Waals surface area contributed by atoms with Crippen LogP contribution in [-0.2, 0) is 20.0 Å². The molecule has 0 fully saturated rings. The summed E-state index contributed by atoms with van der Waals surface area (Å²) >= 11 is 0. The highest BCUT2D eigenvalue weighted by Gasteiger charge is 2.22. The number of carboxylic acid groups (broad SMARTS) is 1. The van der Waals surface area contributed by atoms with Gasteiger partial charge in [-0.15, -0.1) is 0 Å². The lowest BCUT2D eigenvalue weighted by atomic mass is 10.2. The number of carbonyl (C=O) groups is 1. The van der Waals surface area contributed by atoms with Crippen molar-refractivity contribution in [2.24, 2.45) is 0 Å². The van der Waals surface area contributed by atoms with Crippen LogP contribution in [0.5, 0.6) is 11.5 Å². The monoisotopic (exact) mass is 492 g/mol. The lowest BCUT2D eigenvalue weighted by Gasteiger charge is -2.15. The molecule has 0 aliphatic carbocycles. The average Bonchev–Trinajstić information content (AvgIpc) is 2.79. The Labute approximate surface area is 190 Å². The minimum absolute atomic E-state index is 0.0661. The molecule has 0 radical (unpaired) electrons. The number of hydrogen-bond donors (Lipinski definition) is 3. The molecule has 3 rings (SSSR count). The molecule has 0 amide bonds. The van der Waals surface area contributed by atoms with Crippen molar-refractivity contribution in [2.75, 3.05) is 23.7 Å². The van der Waals surface area contributed by atoms with E-state index in [2.05, 4.69) is 9.44 Å². The van der Waals surface area contributed by atoms with Gasteiger partial charge in [0.1, 0.15) is 11.5 Å². The van der Waals surface area contributed by atoms with Crippen LogP contribution in [0.25, 0.3) is 0 Å². The number of ether oxygens (including phenoxy) is 2. The Morgan fingerprint density at radius 2 is 1.42 bits per heavy atom. The summed E-state index contributed by atoms with van der Waals surface area (Å²) < 4.78 is 66.2. The number of carboxylic acids is 1. The topological polar surface area (TPSA) is 148 Å². The molecule has 0 aromatic heterocycles. The minimum Gasteiger partial charge on any atom is -0.497 e. The Kier molecular flexibility index (Phi) is 6.79. The number of nitrogens with one attached hydrogen (secondary N) is 2. The first-order valence-electron chi connectivity index (χ1n) is 9.27. The maximum atomic E-state index is 12.8. The smallest absolute Gasteiger partial charge is 0.335 e. The summed E-state index contributed by atoms with van der Waals surface area (Å²) in [5, 5.41) is 9.11. The fourth-order valence-corrected chi connectivity index (χ4v) is 5.00. The third kappa shape index (κ3) is 5.54. The van der Waals surface area contributed by atoms with E-state index in [-0.39, 0.29) is 32.5 Å². The zero-order valence-electron chi connectivity index (χ0n) is 17.5. The fourth-order valence-electron chi connectivity index (χ4n) is 2.81. The van der Waals surface area contributed by atoms with Gasteiger partial charge in [-0.25, -0.2) is 21.6 Å². The van der Waals surface area contributed by atoms with Crippen LogP contribution in [0.4, 0.5) is 11.4 Å². The molecule has 174 valence electrons. The van der Waals surface area contributed by atoms with Crippen LogP contribution in [0.2, 0.25) is 0 Å². The number of benzene rings is 3. The van der Waals surface area contributed by atoms with E-state index >= 15 is 0 Å². The molecule has 0 aliphatic heterocycles. The van der Waals surface area contributed by atoms with Gasteiger partial charge in [0.2, 0.25) is 0 Å². The molecule has 3 aromatic carbocycles. The molecule has 3 N–H and O–H groups in total. The predicted octanol–water partition coefficient (Wildman–Crippen LogP) is 3.00. The Morgan fingerprint density at radius 1 is 0.788 bits per heavy atom. The zero-order chi connectivity index (χ0) is 24.2. The first kappa shape index (κ1) is 23.9. The number of methoxy groups -OCH3 is 2. The molecule has 10 nitrogen and oxygen atoms in total. The highest BCUT2D eigenvalue weighted by molar-refractivity contribution is 7.93. The van der Waals surface area contributed by atoms with Crippen molar-refractivity contribution in [2.45, 2.75) is 9.79 Å². The van der Waals surface area contributed by atoms with Crippen molar-refractivity contribution in [1.82, 2.24) is 0 Å². The molecule has 0 atom stereocenters. The number of rotatable bonds is 9. The van der Waals surface area contributed by atoms with Crippen molar-refractivity contribution in [3.8, 4) is 11.5 Å². The summed E-state index contributed by atoms with van der Waals surface area (Å²) in [4.78, 5) is 10.6. The average molecular weight is 493 g/mol. The summed E-state index contributed by atoms with van der Waals surface area (Å²) in [5.74, 6) is -0.676. The molecule has 0 aliphatic rings. The maximum Gasteiger partial charge on any atom is 0.335 e. The summed E-state index contributed by atoms with van der Waals surface area (Å²) in [5.41, 5.74) is -0.0834. The van der Waals surface area contributed by atoms with E-state index in [0.29, 0.717) is 5.75 Å². The number of anilines is 2. The second-order valence-electron chi connectivity index (χ2n) is 6.63. The molecule has 0 unspecified atom stereocenters. The van der Waals surface area contributed by atoms with Crippen LogP contribution in [0, 0.1) is 0 Å². The van der Waals surface area contributed by atoms with E-state index in [1.807, 2.05) is 0 Å². The SMILES string of the molecule is COc1ccc(NS(=O)(=O)c2ccc(OC)c(NS(=O)(=O)c3cccc(C(=O)O)c3)c2)cc1. The van der Waals surface area contributed by atoms with Gasteiger partial charge in [-0.3, -0.25) is 9.44 Å². The molecular formula is C21H20N2O8S2. The van der Waals surface area contributed by atoms with E-state index in [1.165, 1.54) is 56.7 Å². The Morgan fingerprint density at radius 3 is 2.03 bits per heavy atom. The zero-order valence-corrected chi connectivity index (χ0v) is 19.1. The predicted molar refractivity (Wildman–Crippen MR) is 121 cm³/mol. The van der Waals surface area contributed by atoms with Gasteiger partial charge >= 0.3 is 5.97 Å². The summed E-state index contributed by atoms with van der Waals surface area (Å²) in [7, 11) is -5.55. The Hall–Kier alpha value is -3.77. The van der Waals surface area contributed by atoms with Gasteiger partial charge in [0.15, 0.2) is 0 Å². The van der Waals surface area contributed by atoms with Gasteiger partial charge < -0.3 is 14.6 Å². The third-order valence-corrected chi connectivity index (χ3v) is 7.20. The van der Waals surface area contributed by atoms with Crippen molar-refractivity contribution in [1.29, 1.82) is 0 Å². The van der Waals surface area contributed by atoms with Gasteiger partial charge in [0.25, 0.3) is 20.0 Å². The quantitative estimate of drug-likeness (QED) is 0.413. The molecule has 33 heavy (non-hydrogen) atoms. The van der Waals surface area contributed by atoms with Gasteiger partial charge in [0.05, 0.1) is 35.3 Å². The molecule has 0 bridgehead atoms. The minimum atomic E-state index is -4.25. The maximum absolute atomic E-state index is 12.8. The molecular weight excluding hydrogens is 472 g/mol. The van der Waals surface area contributed by atoms with Crippen molar-refractivity contribution >= 4 is 37.4 Å². The lowest BCUT2D eigenvalue weighted by Crippen LogP contribution is -2.16. The van der Waals surface area contributed by atoms with Crippen molar-refractivity contribution in [3.63, 3.8) is 0 Å². The summed E-state index contributed by atoms with van der Waals surface area (Å²) in [6, 6.07) is 14.6. The van der Waals surface area contributed by atoms with Crippen LogP contribution in [0.15, 0.2) is 76.5 Å². The molecule has 0 saturated heterocycles. The van der Waals surface area contributed by atoms with Crippen LogP contribution in [-0.4, -0.2) is 42.1 Å². The van der Waals surface area contributed by atoms with E-state index in [1.54, 1.807) is 12.1 Å². The number of sulfonamides is 2. The van der Waals surface area contributed by atoms with Crippen LogP contribution < -0.4 is 18.9 Å². The van der Waals surface area contributed by atoms with E-state index < -0.39 is 26.0 Å². The molecule has 0 saturated carbocycles. The van der Waals surface area contributed by atoms with E-state index in [4.69, 9.17) is 14.6 Å². The molecule has 0 heterocycles. The highest BCUT2D eigenvalue weighted by atomic mass is 32.2. The Balaban J connectivity index is 1.94. The number of aromatic carboxylic acids is 1.